The first-order valence-corrected chi connectivity index (χ1v) is 7.40. The largest absolute Gasteiger partial charge is 0.341 e. The Bertz CT molecular complexity index is 684. The number of para-hydroxylation sites is 2. The first-order valence-electron chi connectivity index (χ1n) is 7.40. The number of aromatic nitrogens is 5. The van der Waals surface area contributed by atoms with Gasteiger partial charge in [-0.3, -0.25) is 10.00 Å². The van der Waals surface area contributed by atoms with E-state index in [1.165, 1.54) is 12.8 Å². The molecule has 0 saturated carbocycles. The summed E-state index contributed by atoms with van der Waals surface area (Å²) in [6.07, 6.45) is 3.95. The lowest BCUT2D eigenvalue weighted by molar-refractivity contribution is 0.193. The zero-order chi connectivity index (χ0) is 14.1. The summed E-state index contributed by atoms with van der Waals surface area (Å²) in [7, 11) is 0. The number of benzene rings is 1. The molecule has 3 heterocycles. The van der Waals surface area contributed by atoms with Crippen LogP contribution >= 0.6 is 0 Å². The minimum Gasteiger partial charge on any atom is -0.341 e. The molecule has 1 saturated heterocycles. The number of hydrogen-bond acceptors (Lipinski definition) is 4. The van der Waals surface area contributed by atoms with Crippen molar-refractivity contribution in [2.24, 2.45) is 0 Å². The monoisotopic (exact) mass is 282 g/mol. The number of fused-ring (bicyclic) bond motifs is 1. The normalized spacial score (nSPS) is 20.1. The number of piperidine rings is 1. The summed E-state index contributed by atoms with van der Waals surface area (Å²) >= 11 is 0. The standard InChI is InChI=1S/C15H18N6/c1-2-6-13-12(5-1)18-14(19-13)9-21-7-3-4-11(8-21)15-16-10-17-20-15/h1-2,5-6,10-11H,3-4,7-9H2,(H,18,19)(H,16,17,20)/t11-/m1/s1. The zero-order valence-electron chi connectivity index (χ0n) is 11.8. The van der Waals surface area contributed by atoms with Gasteiger partial charge in [-0.05, 0) is 31.5 Å². The van der Waals surface area contributed by atoms with Gasteiger partial charge in [0.1, 0.15) is 18.0 Å². The predicted octanol–water partition coefficient (Wildman–Crippen LogP) is 2.06. The van der Waals surface area contributed by atoms with Gasteiger partial charge < -0.3 is 4.98 Å². The average Bonchev–Trinajstić information content (AvgIpc) is 3.16. The Morgan fingerprint density at radius 3 is 3.10 bits per heavy atom. The van der Waals surface area contributed by atoms with Gasteiger partial charge in [-0.25, -0.2) is 9.97 Å². The second-order valence-electron chi connectivity index (χ2n) is 5.65. The molecule has 2 N–H and O–H groups in total. The van der Waals surface area contributed by atoms with Gasteiger partial charge in [-0.2, -0.15) is 5.10 Å². The van der Waals surface area contributed by atoms with E-state index in [-0.39, 0.29) is 0 Å². The summed E-state index contributed by atoms with van der Waals surface area (Å²) in [5, 5.41) is 6.96. The first-order chi connectivity index (χ1) is 10.4. The van der Waals surface area contributed by atoms with E-state index in [4.69, 9.17) is 0 Å². The topological polar surface area (TPSA) is 73.5 Å². The Morgan fingerprint density at radius 1 is 1.29 bits per heavy atom. The maximum atomic E-state index is 4.66. The van der Waals surface area contributed by atoms with Crippen LogP contribution in [0.4, 0.5) is 0 Å². The molecule has 2 aromatic heterocycles. The lowest BCUT2D eigenvalue weighted by atomic mass is 9.97. The van der Waals surface area contributed by atoms with Crippen molar-refractivity contribution in [3.05, 3.63) is 42.2 Å². The molecule has 0 amide bonds. The van der Waals surface area contributed by atoms with E-state index in [0.717, 1.165) is 42.3 Å². The summed E-state index contributed by atoms with van der Waals surface area (Å²) in [4.78, 5) is 14.8. The average molecular weight is 282 g/mol. The molecule has 0 aliphatic carbocycles. The Balaban J connectivity index is 1.48. The number of hydrogen-bond donors (Lipinski definition) is 2. The Hall–Kier alpha value is -2.21. The fourth-order valence-corrected chi connectivity index (χ4v) is 3.13. The summed E-state index contributed by atoms with van der Waals surface area (Å²) in [5.74, 6) is 2.49. The molecular formula is C15H18N6. The number of nitrogens with zero attached hydrogens (tertiary/aromatic N) is 4. The van der Waals surface area contributed by atoms with Crippen LogP contribution < -0.4 is 0 Å². The second kappa shape index (κ2) is 5.29. The Kier molecular flexibility index (Phi) is 3.16. The van der Waals surface area contributed by atoms with Crippen molar-refractivity contribution in [3.8, 4) is 0 Å². The number of H-pyrrole nitrogens is 2. The Labute approximate surface area is 122 Å². The van der Waals surface area contributed by atoms with Crippen molar-refractivity contribution >= 4 is 11.0 Å². The van der Waals surface area contributed by atoms with Crippen LogP contribution in [0.15, 0.2) is 30.6 Å². The molecule has 3 aromatic rings. The highest BCUT2D eigenvalue weighted by Crippen LogP contribution is 2.25. The Morgan fingerprint density at radius 2 is 2.24 bits per heavy atom. The quantitative estimate of drug-likeness (QED) is 0.771. The summed E-state index contributed by atoms with van der Waals surface area (Å²) < 4.78 is 0. The van der Waals surface area contributed by atoms with E-state index >= 15 is 0 Å². The molecule has 1 aromatic carbocycles. The van der Waals surface area contributed by atoms with Crippen LogP contribution in [0.5, 0.6) is 0 Å². The van der Waals surface area contributed by atoms with Gasteiger partial charge in [-0.15, -0.1) is 0 Å². The smallest absolute Gasteiger partial charge is 0.137 e. The summed E-state index contributed by atoms with van der Waals surface area (Å²) in [5.41, 5.74) is 2.15. The number of aromatic amines is 2. The van der Waals surface area contributed by atoms with Gasteiger partial charge >= 0.3 is 0 Å². The number of rotatable bonds is 3. The molecule has 0 radical (unpaired) electrons. The highest BCUT2D eigenvalue weighted by Gasteiger charge is 2.23. The van der Waals surface area contributed by atoms with Crippen LogP contribution in [0.1, 0.15) is 30.4 Å². The highest BCUT2D eigenvalue weighted by molar-refractivity contribution is 5.74. The fourth-order valence-electron chi connectivity index (χ4n) is 3.13. The molecule has 1 fully saturated rings. The zero-order valence-corrected chi connectivity index (χ0v) is 11.8. The van der Waals surface area contributed by atoms with Crippen molar-refractivity contribution in [2.75, 3.05) is 13.1 Å². The maximum absolute atomic E-state index is 4.66. The SMILES string of the molecule is c1ccc2[nH]c(CN3CCC[C@@H](c4ncn[nH]4)C3)nc2c1. The van der Waals surface area contributed by atoms with Gasteiger partial charge in [0.05, 0.1) is 17.6 Å². The van der Waals surface area contributed by atoms with E-state index in [9.17, 15) is 0 Å². The van der Waals surface area contributed by atoms with Crippen molar-refractivity contribution in [1.29, 1.82) is 0 Å². The number of likely N-dealkylation sites (tertiary alicyclic amines) is 1. The van der Waals surface area contributed by atoms with E-state index in [1.807, 2.05) is 18.2 Å². The number of imidazole rings is 1. The molecule has 0 spiro atoms. The second-order valence-corrected chi connectivity index (χ2v) is 5.65. The molecule has 6 heteroatoms. The molecule has 108 valence electrons. The van der Waals surface area contributed by atoms with Crippen LogP contribution in [0.3, 0.4) is 0 Å². The van der Waals surface area contributed by atoms with Gasteiger partial charge in [-0.1, -0.05) is 12.1 Å². The molecule has 4 rings (SSSR count). The van der Waals surface area contributed by atoms with Gasteiger partial charge in [0.2, 0.25) is 0 Å². The molecule has 0 unspecified atom stereocenters. The minimum atomic E-state index is 0.450. The van der Waals surface area contributed by atoms with Crippen molar-refractivity contribution < 1.29 is 0 Å². The van der Waals surface area contributed by atoms with Crippen molar-refractivity contribution in [3.63, 3.8) is 0 Å². The van der Waals surface area contributed by atoms with E-state index in [2.05, 4.69) is 36.1 Å². The lowest BCUT2D eigenvalue weighted by Crippen LogP contribution is -2.34. The van der Waals surface area contributed by atoms with Crippen molar-refractivity contribution in [2.45, 2.75) is 25.3 Å². The van der Waals surface area contributed by atoms with E-state index in [0.29, 0.717) is 5.92 Å². The summed E-state index contributed by atoms with van der Waals surface area (Å²) in [6, 6.07) is 8.17. The molecular weight excluding hydrogens is 264 g/mol. The minimum absolute atomic E-state index is 0.450. The third-order valence-corrected chi connectivity index (χ3v) is 4.14. The fraction of sp³-hybridized carbons (Fsp3) is 0.400. The van der Waals surface area contributed by atoms with Crippen LogP contribution in [0.25, 0.3) is 11.0 Å². The molecule has 21 heavy (non-hydrogen) atoms. The highest BCUT2D eigenvalue weighted by atomic mass is 15.2. The first kappa shape index (κ1) is 12.5. The van der Waals surface area contributed by atoms with Crippen LogP contribution in [-0.2, 0) is 6.54 Å². The van der Waals surface area contributed by atoms with Gasteiger partial charge in [0.25, 0.3) is 0 Å². The third kappa shape index (κ3) is 2.54. The van der Waals surface area contributed by atoms with E-state index < -0.39 is 0 Å². The van der Waals surface area contributed by atoms with Gasteiger partial charge in [0.15, 0.2) is 0 Å². The third-order valence-electron chi connectivity index (χ3n) is 4.14. The van der Waals surface area contributed by atoms with E-state index in [1.54, 1.807) is 6.33 Å². The van der Waals surface area contributed by atoms with Crippen molar-refractivity contribution in [1.82, 2.24) is 30.0 Å². The van der Waals surface area contributed by atoms with Crippen LogP contribution in [-0.4, -0.2) is 43.1 Å². The van der Waals surface area contributed by atoms with Gasteiger partial charge in [0, 0.05) is 12.5 Å². The lowest BCUT2D eigenvalue weighted by Gasteiger charge is -2.30. The molecule has 1 aliphatic heterocycles. The molecule has 1 aliphatic rings. The molecule has 6 nitrogen and oxygen atoms in total. The predicted molar refractivity (Wildman–Crippen MR) is 79.7 cm³/mol. The van der Waals surface area contributed by atoms with Crippen LogP contribution in [0.2, 0.25) is 0 Å². The number of nitrogens with one attached hydrogen (secondary N) is 2. The molecule has 0 bridgehead atoms. The summed E-state index contributed by atoms with van der Waals surface area (Å²) in [6.45, 7) is 2.98. The molecule has 1 atom stereocenters. The maximum Gasteiger partial charge on any atom is 0.137 e. The van der Waals surface area contributed by atoms with Crippen LogP contribution in [0, 0.1) is 0 Å².